The SMILES string of the molecule is CNCCOCCF.Cl. The Labute approximate surface area is 61.2 Å². The molecule has 0 aliphatic rings. The van der Waals surface area contributed by atoms with Gasteiger partial charge in [-0.25, -0.2) is 4.39 Å². The first-order valence-electron chi connectivity index (χ1n) is 2.70. The Morgan fingerprint density at radius 2 is 2.11 bits per heavy atom. The molecule has 0 rings (SSSR count). The molecule has 0 bridgehead atoms. The standard InChI is InChI=1S/C5H12FNO.ClH/c1-7-3-5-8-4-2-6;/h7H,2-5H2,1H3;1H. The van der Waals surface area contributed by atoms with E-state index in [0.29, 0.717) is 6.61 Å². The smallest absolute Gasteiger partial charge is 0.113 e. The van der Waals surface area contributed by atoms with Gasteiger partial charge in [0.15, 0.2) is 0 Å². The Morgan fingerprint density at radius 1 is 1.44 bits per heavy atom. The lowest BCUT2D eigenvalue weighted by molar-refractivity contribution is 0.122. The van der Waals surface area contributed by atoms with Gasteiger partial charge in [0.05, 0.1) is 13.2 Å². The van der Waals surface area contributed by atoms with E-state index in [1.807, 2.05) is 7.05 Å². The first kappa shape index (κ1) is 11.9. The molecule has 0 aromatic carbocycles. The largest absolute Gasteiger partial charge is 0.377 e. The molecule has 0 spiro atoms. The summed E-state index contributed by atoms with van der Waals surface area (Å²) in [5.74, 6) is 0. The summed E-state index contributed by atoms with van der Waals surface area (Å²) < 4.78 is 16.1. The summed E-state index contributed by atoms with van der Waals surface area (Å²) in [7, 11) is 1.83. The summed E-state index contributed by atoms with van der Waals surface area (Å²) in [5, 5.41) is 2.88. The van der Waals surface area contributed by atoms with E-state index in [4.69, 9.17) is 4.74 Å². The molecular formula is C5H13ClFNO. The van der Waals surface area contributed by atoms with Crippen molar-refractivity contribution in [3.05, 3.63) is 0 Å². The van der Waals surface area contributed by atoms with E-state index in [1.54, 1.807) is 0 Å². The zero-order chi connectivity index (χ0) is 6.24. The third kappa shape index (κ3) is 11.6. The predicted molar refractivity (Wildman–Crippen MR) is 38.0 cm³/mol. The average molecular weight is 158 g/mol. The quantitative estimate of drug-likeness (QED) is 0.591. The van der Waals surface area contributed by atoms with Crippen molar-refractivity contribution in [2.75, 3.05) is 33.5 Å². The number of likely N-dealkylation sites (N-methyl/N-ethyl adjacent to an activating group) is 1. The van der Waals surface area contributed by atoms with Crippen molar-refractivity contribution in [3.63, 3.8) is 0 Å². The predicted octanol–water partition coefficient (Wildman–Crippen LogP) is 0.614. The van der Waals surface area contributed by atoms with Gasteiger partial charge in [0.2, 0.25) is 0 Å². The van der Waals surface area contributed by atoms with Gasteiger partial charge in [-0.3, -0.25) is 0 Å². The van der Waals surface area contributed by atoms with Gasteiger partial charge in [-0.1, -0.05) is 0 Å². The number of hydrogen-bond acceptors (Lipinski definition) is 2. The zero-order valence-electron chi connectivity index (χ0n) is 5.52. The van der Waals surface area contributed by atoms with Crippen LogP contribution in [-0.2, 0) is 4.74 Å². The van der Waals surface area contributed by atoms with Gasteiger partial charge in [-0.15, -0.1) is 12.4 Å². The fraction of sp³-hybridized carbons (Fsp3) is 1.00. The van der Waals surface area contributed by atoms with E-state index in [-0.39, 0.29) is 25.7 Å². The van der Waals surface area contributed by atoms with Gasteiger partial charge in [-0.2, -0.15) is 0 Å². The monoisotopic (exact) mass is 157 g/mol. The number of alkyl halides is 1. The highest BCUT2D eigenvalue weighted by Gasteiger charge is 1.82. The molecule has 9 heavy (non-hydrogen) atoms. The molecule has 58 valence electrons. The summed E-state index contributed by atoms with van der Waals surface area (Å²) in [6.07, 6.45) is 0. The summed E-state index contributed by atoms with van der Waals surface area (Å²) >= 11 is 0. The van der Waals surface area contributed by atoms with E-state index >= 15 is 0 Å². The lowest BCUT2D eigenvalue weighted by Gasteiger charge is -1.97. The first-order valence-corrected chi connectivity index (χ1v) is 2.70. The summed E-state index contributed by atoms with van der Waals surface area (Å²) in [4.78, 5) is 0. The minimum atomic E-state index is -0.385. The molecule has 0 radical (unpaired) electrons. The molecule has 0 amide bonds. The molecule has 0 aliphatic carbocycles. The molecule has 0 heterocycles. The number of hydrogen-bond donors (Lipinski definition) is 1. The van der Waals surface area contributed by atoms with Crippen LogP contribution in [0.5, 0.6) is 0 Å². The van der Waals surface area contributed by atoms with Crippen LogP contribution < -0.4 is 5.32 Å². The molecule has 0 unspecified atom stereocenters. The second-order valence-electron chi connectivity index (χ2n) is 1.40. The molecule has 0 aromatic rings. The lowest BCUT2D eigenvalue weighted by Crippen LogP contribution is -2.14. The Bertz CT molecular complexity index is 41.9. The number of ether oxygens (including phenoxy) is 1. The summed E-state index contributed by atoms with van der Waals surface area (Å²) in [6, 6.07) is 0. The Morgan fingerprint density at radius 3 is 2.56 bits per heavy atom. The van der Waals surface area contributed by atoms with Crippen molar-refractivity contribution in [2.45, 2.75) is 0 Å². The fourth-order valence-corrected chi connectivity index (χ4v) is 0.331. The van der Waals surface area contributed by atoms with E-state index in [1.165, 1.54) is 0 Å². The van der Waals surface area contributed by atoms with Crippen LogP contribution in [0.1, 0.15) is 0 Å². The second kappa shape index (κ2) is 11.0. The van der Waals surface area contributed by atoms with Crippen LogP contribution >= 0.6 is 12.4 Å². The van der Waals surface area contributed by atoms with Crippen molar-refractivity contribution >= 4 is 12.4 Å². The Kier molecular flexibility index (Phi) is 14.5. The van der Waals surface area contributed by atoms with Crippen LogP contribution in [0.4, 0.5) is 4.39 Å². The van der Waals surface area contributed by atoms with Gasteiger partial charge in [0.25, 0.3) is 0 Å². The highest BCUT2D eigenvalue weighted by molar-refractivity contribution is 5.85. The van der Waals surface area contributed by atoms with E-state index in [2.05, 4.69) is 5.32 Å². The van der Waals surface area contributed by atoms with E-state index in [0.717, 1.165) is 6.54 Å². The van der Waals surface area contributed by atoms with Crippen LogP contribution in [0, 0.1) is 0 Å². The fourth-order valence-electron chi connectivity index (χ4n) is 0.331. The highest BCUT2D eigenvalue weighted by Crippen LogP contribution is 1.72. The molecule has 0 aliphatic heterocycles. The molecule has 1 N–H and O–H groups in total. The third-order valence-electron chi connectivity index (χ3n) is 0.718. The average Bonchev–Trinajstić information content (AvgIpc) is 1.81. The van der Waals surface area contributed by atoms with Crippen LogP contribution in [0.15, 0.2) is 0 Å². The summed E-state index contributed by atoms with van der Waals surface area (Å²) in [6.45, 7) is 1.23. The van der Waals surface area contributed by atoms with Gasteiger partial charge >= 0.3 is 0 Å². The zero-order valence-corrected chi connectivity index (χ0v) is 6.34. The maximum Gasteiger partial charge on any atom is 0.113 e. The second-order valence-corrected chi connectivity index (χ2v) is 1.40. The lowest BCUT2D eigenvalue weighted by atomic mass is 10.7. The molecule has 0 saturated heterocycles. The van der Waals surface area contributed by atoms with Crippen molar-refractivity contribution in [1.29, 1.82) is 0 Å². The molecule has 0 saturated carbocycles. The minimum Gasteiger partial charge on any atom is -0.377 e. The van der Waals surface area contributed by atoms with Crippen molar-refractivity contribution in [2.24, 2.45) is 0 Å². The Hall–Kier alpha value is 0.140. The molecule has 0 fully saturated rings. The number of nitrogens with one attached hydrogen (secondary N) is 1. The maximum atomic E-state index is 11.3. The van der Waals surface area contributed by atoms with Crippen LogP contribution in [0.3, 0.4) is 0 Å². The topological polar surface area (TPSA) is 21.3 Å². The minimum absolute atomic E-state index is 0. The Balaban J connectivity index is 0. The molecule has 4 heteroatoms. The molecular weight excluding hydrogens is 145 g/mol. The van der Waals surface area contributed by atoms with Gasteiger partial charge in [0, 0.05) is 6.54 Å². The normalized spacial score (nSPS) is 8.67. The summed E-state index contributed by atoms with van der Waals surface area (Å²) in [5.41, 5.74) is 0. The molecule has 2 nitrogen and oxygen atoms in total. The van der Waals surface area contributed by atoms with Crippen molar-refractivity contribution < 1.29 is 9.13 Å². The van der Waals surface area contributed by atoms with Crippen molar-refractivity contribution in [3.8, 4) is 0 Å². The van der Waals surface area contributed by atoms with E-state index in [9.17, 15) is 4.39 Å². The maximum absolute atomic E-state index is 11.3. The van der Waals surface area contributed by atoms with Gasteiger partial charge < -0.3 is 10.1 Å². The van der Waals surface area contributed by atoms with Crippen LogP contribution in [0.2, 0.25) is 0 Å². The van der Waals surface area contributed by atoms with Crippen LogP contribution in [-0.4, -0.2) is 33.5 Å². The highest BCUT2D eigenvalue weighted by atomic mass is 35.5. The van der Waals surface area contributed by atoms with Crippen LogP contribution in [0.25, 0.3) is 0 Å². The van der Waals surface area contributed by atoms with Crippen molar-refractivity contribution in [1.82, 2.24) is 5.32 Å². The number of halogens is 2. The van der Waals surface area contributed by atoms with Gasteiger partial charge in [0.1, 0.15) is 6.67 Å². The third-order valence-corrected chi connectivity index (χ3v) is 0.718. The van der Waals surface area contributed by atoms with Gasteiger partial charge in [-0.05, 0) is 7.05 Å². The first-order chi connectivity index (χ1) is 3.91. The molecule has 0 atom stereocenters. The molecule has 0 aromatic heterocycles. The van der Waals surface area contributed by atoms with E-state index < -0.39 is 0 Å². The number of rotatable bonds is 5.